The summed E-state index contributed by atoms with van der Waals surface area (Å²) >= 11 is 5.87. The molecule has 0 aliphatic carbocycles. The number of nitrogens with zero attached hydrogens (tertiary/aromatic N) is 2. The van der Waals surface area contributed by atoms with E-state index in [1.165, 1.54) is 5.56 Å². The Kier molecular flexibility index (Phi) is 5.62. The number of carbonyl (C=O) groups is 2. The number of hydrogen-bond donors (Lipinski definition) is 0. The Labute approximate surface area is 159 Å². The van der Waals surface area contributed by atoms with Gasteiger partial charge in [-0.05, 0) is 47.9 Å². The Bertz CT molecular complexity index is 777. The minimum absolute atomic E-state index is 0.0185. The number of halogens is 1. The summed E-state index contributed by atoms with van der Waals surface area (Å²) in [6, 6.07) is 14.7. The van der Waals surface area contributed by atoms with Crippen LogP contribution in [-0.2, 0) is 0 Å². The van der Waals surface area contributed by atoms with Gasteiger partial charge in [0.2, 0.25) is 0 Å². The summed E-state index contributed by atoms with van der Waals surface area (Å²) in [6.45, 7) is 6.43. The summed E-state index contributed by atoms with van der Waals surface area (Å²) in [6.07, 6.45) is 0. The highest BCUT2D eigenvalue weighted by Crippen LogP contribution is 2.17. The second-order valence-corrected chi connectivity index (χ2v) is 7.30. The van der Waals surface area contributed by atoms with Crippen molar-refractivity contribution < 1.29 is 9.59 Å². The molecule has 0 spiro atoms. The summed E-state index contributed by atoms with van der Waals surface area (Å²) < 4.78 is 0. The van der Waals surface area contributed by atoms with Gasteiger partial charge < -0.3 is 9.80 Å². The highest BCUT2D eigenvalue weighted by molar-refractivity contribution is 6.30. The van der Waals surface area contributed by atoms with E-state index >= 15 is 0 Å². The van der Waals surface area contributed by atoms with Crippen LogP contribution in [0.2, 0.25) is 5.02 Å². The summed E-state index contributed by atoms with van der Waals surface area (Å²) in [4.78, 5) is 28.8. The third-order valence-corrected chi connectivity index (χ3v) is 5.02. The second kappa shape index (κ2) is 7.92. The van der Waals surface area contributed by atoms with Crippen molar-refractivity contribution in [2.45, 2.75) is 19.8 Å². The molecule has 2 aromatic carbocycles. The number of amides is 2. The maximum absolute atomic E-state index is 12.7. The molecule has 2 aromatic rings. The Morgan fingerprint density at radius 1 is 0.769 bits per heavy atom. The van der Waals surface area contributed by atoms with Gasteiger partial charge in [0.05, 0.1) is 0 Å². The van der Waals surface area contributed by atoms with Gasteiger partial charge in [-0.25, -0.2) is 0 Å². The zero-order valence-electron chi connectivity index (χ0n) is 15.1. The average molecular weight is 371 g/mol. The van der Waals surface area contributed by atoms with E-state index in [2.05, 4.69) is 13.8 Å². The van der Waals surface area contributed by atoms with Gasteiger partial charge in [-0.2, -0.15) is 0 Å². The molecule has 5 heteroatoms. The molecule has 0 bridgehead atoms. The molecule has 1 fully saturated rings. The third-order valence-electron chi connectivity index (χ3n) is 4.77. The first-order valence-electron chi connectivity index (χ1n) is 8.90. The maximum Gasteiger partial charge on any atom is 0.253 e. The molecule has 1 saturated heterocycles. The molecule has 1 aliphatic heterocycles. The first kappa shape index (κ1) is 18.5. The van der Waals surface area contributed by atoms with Crippen LogP contribution in [0.1, 0.15) is 46.0 Å². The summed E-state index contributed by atoms with van der Waals surface area (Å²) in [7, 11) is 0. The van der Waals surface area contributed by atoms with Gasteiger partial charge in [0.1, 0.15) is 0 Å². The predicted octanol–water partition coefficient (Wildman–Crippen LogP) is 4.06. The fourth-order valence-electron chi connectivity index (χ4n) is 3.08. The Morgan fingerprint density at radius 2 is 1.15 bits per heavy atom. The smallest absolute Gasteiger partial charge is 0.253 e. The van der Waals surface area contributed by atoms with Crippen molar-refractivity contribution in [3.63, 3.8) is 0 Å². The van der Waals surface area contributed by atoms with Gasteiger partial charge in [-0.1, -0.05) is 37.6 Å². The summed E-state index contributed by atoms with van der Waals surface area (Å²) in [5, 5.41) is 0.612. The molecule has 26 heavy (non-hydrogen) atoms. The first-order chi connectivity index (χ1) is 12.5. The summed E-state index contributed by atoms with van der Waals surface area (Å²) in [5.41, 5.74) is 2.55. The van der Waals surface area contributed by atoms with Gasteiger partial charge in [0.15, 0.2) is 0 Å². The SMILES string of the molecule is CC(C)c1ccc(C(=O)N2CCN(C(=O)c3ccc(Cl)cc3)CC2)cc1. The van der Waals surface area contributed by atoms with Crippen LogP contribution < -0.4 is 0 Å². The number of benzene rings is 2. The number of piperazine rings is 1. The summed E-state index contributed by atoms with van der Waals surface area (Å²) in [5.74, 6) is 0.454. The van der Waals surface area contributed by atoms with Crippen molar-refractivity contribution in [1.29, 1.82) is 0 Å². The van der Waals surface area contributed by atoms with Crippen molar-refractivity contribution in [2.24, 2.45) is 0 Å². The maximum atomic E-state index is 12.7. The minimum atomic E-state index is -0.0185. The lowest BCUT2D eigenvalue weighted by atomic mass is 10.0. The van der Waals surface area contributed by atoms with E-state index in [0.29, 0.717) is 48.2 Å². The number of hydrogen-bond acceptors (Lipinski definition) is 2. The van der Waals surface area contributed by atoms with Gasteiger partial charge >= 0.3 is 0 Å². The van der Waals surface area contributed by atoms with E-state index in [1.807, 2.05) is 29.2 Å². The Hall–Kier alpha value is -2.33. The fraction of sp³-hybridized carbons (Fsp3) is 0.333. The molecule has 3 rings (SSSR count). The highest BCUT2D eigenvalue weighted by Gasteiger charge is 2.25. The number of rotatable bonds is 3. The van der Waals surface area contributed by atoms with Crippen LogP contribution in [0, 0.1) is 0 Å². The van der Waals surface area contributed by atoms with E-state index < -0.39 is 0 Å². The van der Waals surface area contributed by atoms with Gasteiger partial charge in [-0.3, -0.25) is 9.59 Å². The highest BCUT2D eigenvalue weighted by atomic mass is 35.5. The standard InChI is InChI=1S/C21H23ClN2O2/c1-15(2)16-3-5-17(6-4-16)20(25)23-11-13-24(14-12-23)21(26)18-7-9-19(22)10-8-18/h3-10,15H,11-14H2,1-2H3. The lowest BCUT2D eigenvalue weighted by Gasteiger charge is -2.35. The molecule has 0 aromatic heterocycles. The average Bonchev–Trinajstić information content (AvgIpc) is 2.67. The molecule has 136 valence electrons. The molecule has 1 aliphatic rings. The Balaban J connectivity index is 1.60. The fourth-order valence-corrected chi connectivity index (χ4v) is 3.21. The molecule has 0 unspecified atom stereocenters. The van der Waals surface area contributed by atoms with Crippen molar-refractivity contribution in [2.75, 3.05) is 26.2 Å². The molecule has 0 N–H and O–H groups in total. The van der Waals surface area contributed by atoms with Gasteiger partial charge in [0.25, 0.3) is 11.8 Å². The van der Waals surface area contributed by atoms with Crippen LogP contribution in [0.4, 0.5) is 0 Å². The van der Waals surface area contributed by atoms with Gasteiger partial charge in [-0.15, -0.1) is 0 Å². The quantitative estimate of drug-likeness (QED) is 0.817. The molecule has 0 saturated carbocycles. The van der Waals surface area contributed by atoms with Crippen LogP contribution in [0.25, 0.3) is 0 Å². The lowest BCUT2D eigenvalue weighted by Crippen LogP contribution is -2.50. The van der Waals surface area contributed by atoms with Crippen LogP contribution in [0.3, 0.4) is 0 Å². The largest absolute Gasteiger partial charge is 0.335 e. The minimum Gasteiger partial charge on any atom is -0.335 e. The monoisotopic (exact) mass is 370 g/mol. The van der Waals surface area contributed by atoms with Gasteiger partial charge in [0, 0.05) is 42.3 Å². The number of carbonyl (C=O) groups excluding carboxylic acids is 2. The van der Waals surface area contributed by atoms with E-state index in [1.54, 1.807) is 29.2 Å². The van der Waals surface area contributed by atoms with Crippen LogP contribution in [0.5, 0.6) is 0 Å². The van der Waals surface area contributed by atoms with Crippen molar-refractivity contribution in [1.82, 2.24) is 9.80 Å². The van der Waals surface area contributed by atoms with E-state index in [9.17, 15) is 9.59 Å². The normalized spacial score (nSPS) is 14.6. The molecule has 2 amide bonds. The molecule has 0 radical (unpaired) electrons. The zero-order valence-corrected chi connectivity index (χ0v) is 15.9. The molecule has 4 nitrogen and oxygen atoms in total. The van der Waals surface area contributed by atoms with Crippen LogP contribution in [0.15, 0.2) is 48.5 Å². The first-order valence-corrected chi connectivity index (χ1v) is 9.27. The van der Waals surface area contributed by atoms with Crippen LogP contribution >= 0.6 is 11.6 Å². The predicted molar refractivity (Wildman–Crippen MR) is 104 cm³/mol. The topological polar surface area (TPSA) is 40.6 Å². The molecule has 0 atom stereocenters. The second-order valence-electron chi connectivity index (χ2n) is 6.87. The van der Waals surface area contributed by atoms with Crippen molar-refractivity contribution >= 4 is 23.4 Å². The van der Waals surface area contributed by atoms with E-state index in [0.717, 1.165) is 0 Å². The molecule has 1 heterocycles. The van der Waals surface area contributed by atoms with Crippen molar-refractivity contribution in [3.8, 4) is 0 Å². The van der Waals surface area contributed by atoms with Crippen molar-refractivity contribution in [3.05, 3.63) is 70.2 Å². The van der Waals surface area contributed by atoms with E-state index in [4.69, 9.17) is 11.6 Å². The van der Waals surface area contributed by atoms with Crippen LogP contribution in [-0.4, -0.2) is 47.8 Å². The Morgan fingerprint density at radius 3 is 1.54 bits per heavy atom. The lowest BCUT2D eigenvalue weighted by molar-refractivity contribution is 0.0535. The third kappa shape index (κ3) is 4.07. The van der Waals surface area contributed by atoms with E-state index in [-0.39, 0.29) is 11.8 Å². The zero-order chi connectivity index (χ0) is 18.7. The molecular weight excluding hydrogens is 348 g/mol. The molecular formula is C21H23ClN2O2.